The number of ether oxygens (including phenoxy) is 2. The van der Waals surface area contributed by atoms with Gasteiger partial charge >= 0.3 is 0 Å². The van der Waals surface area contributed by atoms with E-state index in [1.54, 1.807) is 13.8 Å². The highest BCUT2D eigenvalue weighted by molar-refractivity contribution is 5.98. The third-order valence-electron chi connectivity index (χ3n) is 7.59. The second kappa shape index (κ2) is 7.19. The van der Waals surface area contributed by atoms with Gasteiger partial charge in [0.15, 0.2) is 11.6 Å². The molecule has 0 fully saturated rings. The first-order valence-corrected chi connectivity index (χ1v) is 11.8. The summed E-state index contributed by atoms with van der Waals surface area (Å²) in [5.74, 6) is 0.730. The highest BCUT2D eigenvalue weighted by Gasteiger charge is 2.54. The number of aryl methyl sites for hydroxylation is 2. The van der Waals surface area contributed by atoms with Crippen LogP contribution in [0.4, 0.5) is 0 Å². The van der Waals surface area contributed by atoms with E-state index < -0.39 is 5.79 Å². The van der Waals surface area contributed by atoms with Gasteiger partial charge in [-0.1, -0.05) is 39.8 Å². The SMILES string of the molecule is CC(=O)c1c(C)cc2c(c1C)OC1(CC2(C)C)CC(C)(C)c2cc(C)c(C(C)=O)c(C)c2O1. The minimum absolute atomic E-state index is 0.0430. The van der Waals surface area contributed by atoms with Crippen molar-refractivity contribution in [3.8, 4) is 11.5 Å². The van der Waals surface area contributed by atoms with Gasteiger partial charge in [-0.05, 0) is 52.7 Å². The molecule has 0 saturated heterocycles. The molecule has 0 amide bonds. The molecule has 2 aliphatic rings. The molecular weight excluding hydrogens is 412 g/mol. The second-order valence-electron chi connectivity index (χ2n) is 11.5. The molecule has 0 saturated carbocycles. The zero-order valence-electron chi connectivity index (χ0n) is 21.7. The van der Waals surface area contributed by atoms with Crippen LogP contribution in [0.5, 0.6) is 11.5 Å². The Bertz CT molecular complexity index is 1120. The van der Waals surface area contributed by atoms with Gasteiger partial charge in [0.05, 0.1) is 0 Å². The predicted octanol–water partition coefficient (Wildman–Crippen LogP) is 6.84. The lowest BCUT2D eigenvalue weighted by Crippen LogP contribution is -2.56. The van der Waals surface area contributed by atoms with Crippen molar-refractivity contribution in [2.45, 2.75) is 98.7 Å². The number of ketones is 2. The molecule has 2 aromatic carbocycles. The minimum Gasteiger partial charge on any atom is -0.452 e. The monoisotopic (exact) mass is 448 g/mol. The lowest BCUT2D eigenvalue weighted by atomic mass is 9.67. The fourth-order valence-electron chi connectivity index (χ4n) is 6.42. The van der Waals surface area contributed by atoms with Crippen LogP contribution in [0.1, 0.15) is 108 Å². The summed E-state index contributed by atoms with van der Waals surface area (Å²) in [6, 6.07) is 4.21. The number of hydrogen-bond donors (Lipinski definition) is 0. The van der Waals surface area contributed by atoms with Gasteiger partial charge in [0, 0.05) is 57.1 Å². The molecule has 2 aliphatic heterocycles. The third-order valence-corrected chi connectivity index (χ3v) is 7.59. The van der Waals surface area contributed by atoms with Crippen molar-refractivity contribution in [1.82, 2.24) is 0 Å². The summed E-state index contributed by atoms with van der Waals surface area (Å²) in [7, 11) is 0. The predicted molar refractivity (Wildman–Crippen MR) is 131 cm³/mol. The van der Waals surface area contributed by atoms with Gasteiger partial charge in [-0.25, -0.2) is 0 Å². The molecule has 2 heterocycles. The highest BCUT2D eigenvalue weighted by atomic mass is 16.7. The molecule has 2 aromatic rings. The molecular formula is C29H36O4. The zero-order valence-corrected chi connectivity index (χ0v) is 21.7. The van der Waals surface area contributed by atoms with Crippen molar-refractivity contribution in [2.75, 3.05) is 0 Å². The zero-order chi connectivity index (χ0) is 24.7. The van der Waals surface area contributed by atoms with Crippen molar-refractivity contribution in [3.05, 3.63) is 56.6 Å². The largest absolute Gasteiger partial charge is 0.452 e. The Morgan fingerprint density at radius 3 is 1.33 bits per heavy atom. The van der Waals surface area contributed by atoms with Crippen LogP contribution in [0.25, 0.3) is 0 Å². The normalized spacial score (nSPS) is 19.2. The summed E-state index contributed by atoms with van der Waals surface area (Å²) < 4.78 is 13.6. The van der Waals surface area contributed by atoms with E-state index in [1.165, 1.54) is 0 Å². The standard InChI is InChI=1S/C29H36O4/c1-15-11-21-25(17(3)23(15)19(5)30)32-29(13-27(21,7)8)14-28(9,10)22-12-16(2)24(20(6)31)18(4)26(22)33-29/h11-12H,13-14H2,1-10H3. The Labute approximate surface area is 197 Å². The molecule has 0 aromatic heterocycles. The van der Waals surface area contributed by atoms with Crippen molar-refractivity contribution in [2.24, 2.45) is 0 Å². The number of carbonyl (C=O) groups is 2. The molecule has 0 atom stereocenters. The quantitative estimate of drug-likeness (QED) is 0.472. The molecule has 0 aliphatic carbocycles. The van der Waals surface area contributed by atoms with Crippen LogP contribution in [0.3, 0.4) is 0 Å². The number of benzene rings is 2. The van der Waals surface area contributed by atoms with Crippen LogP contribution in [0.15, 0.2) is 12.1 Å². The van der Waals surface area contributed by atoms with Crippen LogP contribution in [-0.2, 0) is 10.8 Å². The molecule has 4 heteroatoms. The van der Waals surface area contributed by atoms with Crippen LogP contribution in [0.2, 0.25) is 0 Å². The molecule has 0 N–H and O–H groups in total. The average Bonchev–Trinajstić information content (AvgIpc) is 2.63. The van der Waals surface area contributed by atoms with Gasteiger partial charge in [-0.2, -0.15) is 0 Å². The minimum atomic E-state index is -0.880. The van der Waals surface area contributed by atoms with Crippen LogP contribution < -0.4 is 9.47 Å². The van der Waals surface area contributed by atoms with E-state index in [1.807, 2.05) is 27.7 Å². The summed E-state index contributed by atoms with van der Waals surface area (Å²) >= 11 is 0. The smallest absolute Gasteiger partial charge is 0.252 e. The first kappa shape index (κ1) is 23.5. The molecule has 4 rings (SSSR count). The van der Waals surface area contributed by atoms with Crippen LogP contribution >= 0.6 is 0 Å². The Morgan fingerprint density at radius 2 is 1.03 bits per heavy atom. The molecule has 0 radical (unpaired) electrons. The second-order valence-corrected chi connectivity index (χ2v) is 11.5. The lowest BCUT2D eigenvalue weighted by Gasteiger charge is -2.52. The highest BCUT2D eigenvalue weighted by Crippen LogP contribution is 2.55. The summed E-state index contributed by atoms with van der Waals surface area (Å²) in [6.07, 6.45) is 1.35. The van der Waals surface area contributed by atoms with Crippen LogP contribution in [-0.4, -0.2) is 17.4 Å². The fraction of sp³-hybridized carbons (Fsp3) is 0.517. The molecule has 4 nitrogen and oxygen atoms in total. The lowest BCUT2D eigenvalue weighted by molar-refractivity contribution is -0.167. The molecule has 33 heavy (non-hydrogen) atoms. The van der Waals surface area contributed by atoms with E-state index in [-0.39, 0.29) is 22.4 Å². The maximum absolute atomic E-state index is 12.4. The van der Waals surface area contributed by atoms with Crippen molar-refractivity contribution >= 4 is 11.6 Å². The topological polar surface area (TPSA) is 52.6 Å². The number of fused-ring (bicyclic) bond motifs is 2. The summed E-state index contributed by atoms with van der Waals surface area (Å²) in [4.78, 5) is 24.9. The van der Waals surface area contributed by atoms with E-state index in [2.05, 4.69) is 39.8 Å². The van der Waals surface area contributed by atoms with Gasteiger partial charge in [-0.15, -0.1) is 0 Å². The van der Waals surface area contributed by atoms with Crippen molar-refractivity contribution in [1.29, 1.82) is 0 Å². The first-order chi connectivity index (χ1) is 15.1. The number of rotatable bonds is 2. The van der Waals surface area contributed by atoms with E-state index >= 15 is 0 Å². The maximum Gasteiger partial charge on any atom is 0.252 e. The van der Waals surface area contributed by atoms with E-state index in [0.29, 0.717) is 12.8 Å². The molecule has 1 spiro atoms. The van der Waals surface area contributed by atoms with Gasteiger partial charge < -0.3 is 9.47 Å². The third kappa shape index (κ3) is 3.50. The van der Waals surface area contributed by atoms with Gasteiger partial charge in [0.25, 0.3) is 5.79 Å². The van der Waals surface area contributed by atoms with E-state index in [0.717, 1.165) is 56.0 Å². The summed E-state index contributed by atoms with van der Waals surface area (Å²) in [5, 5.41) is 0. The van der Waals surface area contributed by atoms with E-state index in [4.69, 9.17) is 9.47 Å². The first-order valence-electron chi connectivity index (χ1n) is 11.8. The Kier molecular flexibility index (Phi) is 5.13. The van der Waals surface area contributed by atoms with Gasteiger partial charge in [0.2, 0.25) is 0 Å². The van der Waals surface area contributed by atoms with Gasteiger partial charge in [-0.3, -0.25) is 9.59 Å². The molecule has 0 bridgehead atoms. The summed E-state index contributed by atoms with van der Waals surface area (Å²) in [5.41, 5.74) is 6.98. The Morgan fingerprint density at radius 1 is 0.697 bits per heavy atom. The van der Waals surface area contributed by atoms with Crippen molar-refractivity contribution < 1.29 is 19.1 Å². The van der Waals surface area contributed by atoms with Crippen molar-refractivity contribution in [3.63, 3.8) is 0 Å². The molecule has 176 valence electrons. The Hall–Kier alpha value is -2.62. The number of hydrogen-bond acceptors (Lipinski definition) is 4. The summed E-state index contributed by atoms with van der Waals surface area (Å²) in [6.45, 7) is 20.0. The van der Waals surface area contributed by atoms with Gasteiger partial charge in [0.1, 0.15) is 11.5 Å². The van der Waals surface area contributed by atoms with Crippen LogP contribution in [0, 0.1) is 27.7 Å². The van der Waals surface area contributed by atoms with E-state index in [9.17, 15) is 9.59 Å². The number of Topliss-reactive ketones (excluding diaryl/α,β-unsaturated/α-hetero) is 2. The molecule has 0 unspecified atom stereocenters. The maximum atomic E-state index is 12.4. The Balaban J connectivity index is 1.94. The number of carbonyl (C=O) groups excluding carboxylic acids is 2. The average molecular weight is 449 g/mol. The fourth-order valence-corrected chi connectivity index (χ4v) is 6.42.